The van der Waals surface area contributed by atoms with Crippen molar-refractivity contribution in [3.05, 3.63) is 43.1 Å². The molecule has 2 heterocycles. The van der Waals surface area contributed by atoms with Crippen LogP contribution in [0.2, 0.25) is 0 Å². The average molecular weight is 475 g/mol. The van der Waals surface area contributed by atoms with Gasteiger partial charge in [0, 0.05) is 13.8 Å². The van der Waals surface area contributed by atoms with Crippen molar-refractivity contribution in [3.63, 3.8) is 0 Å². The van der Waals surface area contributed by atoms with Crippen molar-refractivity contribution in [2.75, 3.05) is 17.2 Å². The number of nitrogens with two attached hydrogens (primary N) is 1. The van der Waals surface area contributed by atoms with Crippen LogP contribution in [0, 0.1) is 0 Å². The highest BCUT2D eigenvalue weighted by Gasteiger charge is 2.25. The number of rotatable bonds is 3. The van der Waals surface area contributed by atoms with Crippen LogP contribution >= 0.6 is 43.2 Å². The number of thiophene rings is 1. The lowest BCUT2D eigenvalue weighted by Gasteiger charge is -2.12. The number of anilines is 2. The van der Waals surface area contributed by atoms with E-state index in [1.165, 1.54) is 11.3 Å². The van der Waals surface area contributed by atoms with Crippen molar-refractivity contribution in [3.8, 4) is 0 Å². The Morgan fingerprint density at radius 1 is 1.25 bits per heavy atom. The topological polar surface area (TPSA) is 93.5 Å². The van der Waals surface area contributed by atoms with Gasteiger partial charge in [0.2, 0.25) is 0 Å². The van der Waals surface area contributed by atoms with Gasteiger partial charge in [-0.3, -0.25) is 10.1 Å². The van der Waals surface area contributed by atoms with Gasteiger partial charge in [-0.05, 0) is 46.1 Å². The molecule has 3 amide bonds. The van der Waals surface area contributed by atoms with Gasteiger partial charge in [-0.1, -0.05) is 15.9 Å². The summed E-state index contributed by atoms with van der Waals surface area (Å²) < 4.78 is 7.02. The van der Waals surface area contributed by atoms with E-state index in [1.54, 1.807) is 6.07 Å². The number of urea groups is 1. The first-order chi connectivity index (χ1) is 11.5. The summed E-state index contributed by atoms with van der Waals surface area (Å²) in [6.45, 7) is 0.976. The molecular formula is C15H13Br2N3O3S. The van der Waals surface area contributed by atoms with Crippen LogP contribution in [0.15, 0.2) is 27.1 Å². The zero-order chi connectivity index (χ0) is 17.3. The normalized spacial score (nSPS) is 13.2. The Hall–Kier alpha value is -1.42. The summed E-state index contributed by atoms with van der Waals surface area (Å²) in [5.74, 6) is -0.547. The Bertz CT molecular complexity index is 823. The number of carbonyl (C=O) groups excluding carboxylic acids is 2. The number of hydrogen-bond acceptors (Lipinski definition) is 4. The minimum absolute atomic E-state index is 0.378. The van der Waals surface area contributed by atoms with E-state index in [0.29, 0.717) is 35.9 Å². The Balaban J connectivity index is 1.81. The van der Waals surface area contributed by atoms with Crippen molar-refractivity contribution < 1.29 is 14.3 Å². The maximum Gasteiger partial charge on any atom is 0.324 e. The third kappa shape index (κ3) is 3.64. The van der Waals surface area contributed by atoms with Crippen LogP contribution in [0.3, 0.4) is 0 Å². The van der Waals surface area contributed by atoms with Gasteiger partial charge in [0.05, 0.1) is 24.5 Å². The molecule has 0 radical (unpaired) electrons. The van der Waals surface area contributed by atoms with E-state index < -0.39 is 11.9 Å². The van der Waals surface area contributed by atoms with Gasteiger partial charge in [-0.15, -0.1) is 11.3 Å². The molecule has 0 saturated carbocycles. The molecule has 4 N–H and O–H groups in total. The third-order valence-corrected chi connectivity index (χ3v) is 5.74. The van der Waals surface area contributed by atoms with Crippen LogP contribution in [0.5, 0.6) is 0 Å². The van der Waals surface area contributed by atoms with E-state index in [0.717, 1.165) is 19.4 Å². The molecule has 1 aromatic heterocycles. The maximum atomic E-state index is 12.3. The van der Waals surface area contributed by atoms with Crippen LogP contribution in [-0.4, -0.2) is 18.5 Å². The highest BCUT2D eigenvalue weighted by atomic mass is 79.9. The fraction of sp³-hybridized carbons (Fsp3) is 0.200. The Kier molecular flexibility index (Phi) is 5.24. The van der Waals surface area contributed by atoms with Crippen LogP contribution in [0.4, 0.5) is 15.5 Å². The number of fused-ring (bicyclic) bond motifs is 1. The first-order valence-electron chi connectivity index (χ1n) is 7.01. The molecule has 2 aromatic rings. The summed E-state index contributed by atoms with van der Waals surface area (Å²) in [5, 5.41) is 5.90. The van der Waals surface area contributed by atoms with Gasteiger partial charge in [-0.25, -0.2) is 4.79 Å². The second-order valence-corrected chi connectivity index (χ2v) is 7.95. The van der Waals surface area contributed by atoms with E-state index >= 15 is 0 Å². The van der Waals surface area contributed by atoms with Crippen LogP contribution in [0.25, 0.3) is 0 Å². The molecule has 126 valence electrons. The number of amides is 3. The van der Waals surface area contributed by atoms with Crippen molar-refractivity contribution in [2.45, 2.75) is 13.0 Å². The fourth-order valence-electron chi connectivity index (χ4n) is 2.43. The Labute approximate surface area is 159 Å². The number of ether oxygens (including phenoxy) is 1. The van der Waals surface area contributed by atoms with Gasteiger partial charge in [0.15, 0.2) is 0 Å². The van der Waals surface area contributed by atoms with E-state index in [4.69, 9.17) is 10.5 Å². The minimum atomic E-state index is -0.547. The molecule has 0 atom stereocenters. The lowest BCUT2D eigenvalue weighted by Crippen LogP contribution is -2.22. The van der Waals surface area contributed by atoms with Crippen molar-refractivity contribution in [1.29, 1.82) is 0 Å². The van der Waals surface area contributed by atoms with Crippen molar-refractivity contribution in [1.82, 2.24) is 0 Å². The summed E-state index contributed by atoms with van der Waals surface area (Å²) in [6.07, 6.45) is 0.617. The summed E-state index contributed by atoms with van der Waals surface area (Å²) >= 11 is 8.06. The molecule has 1 aliphatic heterocycles. The van der Waals surface area contributed by atoms with Crippen molar-refractivity contribution >= 4 is 65.8 Å². The zero-order valence-electron chi connectivity index (χ0n) is 12.3. The second-order valence-electron chi connectivity index (χ2n) is 5.08. The fourth-order valence-corrected chi connectivity index (χ4v) is 4.76. The average Bonchev–Trinajstić information content (AvgIpc) is 2.87. The number of nitrogens with one attached hydrogen (secondary N) is 2. The standard InChI is InChI=1S/C15H13Br2N3O3S/c16-7-1-2-10(9(17)5-7)19-15(22)20-14-12(13(18)21)8-3-4-23-6-11(8)24-14/h1-2,5H,3-4,6H2,(H2,18,21)(H2,19,20,22). The van der Waals surface area contributed by atoms with Gasteiger partial charge < -0.3 is 15.8 Å². The molecule has 0 bridgehead atoms. The SMILES string of the molecule is NC(=O)c1c(NC(=O)Nc2ccc(Br)cc2Br)sc2c1CCOC2. The number of hydrogen-bond donors (Lipinski definition) is 3. The summed E-state index contributed by atoms with van der Waals surface area (Å²) in [4.78, 5) is 25.0. The molecule has 9 heteroatoms. The van der Waals surface area contributed by atoms with Crippen LogP contribution < -0.4 is 16.4 Å². The highest BCUT2D eigenvalue weighted by Crippen LogP contribution is 2.36. The van der Waals surface area contributed by atoms with Crippen LogP contribution in [0.1, 0.15) is 20.8 Å². The van der Waals surface area contributed by atoms with E-state index in [-0.39, 0.29) is 0 Å². The summed E-state index contributed by atoms with van der Waals surface area (Å²) in [7, 11) is 0. The predicted octanol–water partition coefficient (Wildman–Crippen LogP) is 4.09. The van der Waals surface area contributed by atoms with E-state index in [9.17, 15) is 9.59 Å². The van der Waals surface area contributed by atoms with E-state index in [2.05, 4.69) is 42.5 Å². The van der Waals surface area contributed by atoms with Crippen molar-refractivity contribution in [2.24, 2.45) is 5.73 Å². The van der Waals surface area contributed by atoms with Gasteiger partial charge >= 0.3 is 6.03 Å². The lowest BCUT2D eigenvalue weighted by atomic mass is 10.1. The predicted molar refractivity (Wildman–Crippen MR) is 101 cm³/mol. The molecule has 0 spiro atoms. The molecule has 1 aliphatic rings. The number of benzene rings is 1. The first-order valence-corrected chi connectivity index (χ1v) is 9.41. The van der Waals surface area contributed by atoms with Gasteiger partial charge in [0.1, 0.15) is 5.00 Å². The Morgan fingerprint density at radius 2 is 2.04 bits per heavy atom. The van der Waals surface area contributed by atoms with Gasteiger partial charge in [0.25, 0.3) is 5.91 Å². The summed E-state index contributed by atoms with van der Waals surface area (Å²) in [6, 6.07) is 4.96. The number of primary amides is 1. The largest absolute Gasteiger partial charge is 0.376 e. The van der Waals surface area contributed by atoms with Gasteiger partial charge in [-0.2, -0.15) is 0 Å². The second kappa shape index (κ2) is 7.22. The monoisotopic (exact) mass is 473 g/mol. The highest BCUT2D eigenvalue weighted by molar-refractivity contribution is 9.11. The quantitative estimate of drug-likeness (QED) is 0.625. The third-order valence-electron chi connectivity index (χ3n) is 3.47. The molecule has 0 aliphatic carbocycles. The smallest absolute Gasteiger partial charge is 0.324 e. The molecule has 0 saturated heterocycles. The molecule has 24 heavy (non-hydrogen) atoms. The number of carbonyl (C=O) groups is 2. The Morgan fingerprint density at radius 3 is 2.75 bits per heavy atom. The molecular weight excluding hydrogens is 462 g/mol. The van der Waals surface area contributed by atoms with Crippen LogP contribution in [-0.2, 0) is 17.8 Å². The molecule has 6 nitrogen and oxygen atoms in total. The maximum absolute atomic E-state index is 12.3. The molecule has 1 aromatic carbocycles. The minimum Gasteiger partial charge on any atom is -0.376 e. The zero-order valence-corrected chi connectivity index (χ0v) is 16.3. The van der Waals surface area contributed by atoms with E-state index in [1.807, 2.05) is 12.1 Å². The number of halogens is 2. The summed E-state index contributed by atoms with van der Waals surface area (Å²) in [5.41, 5.74) is 7.36. The molecule has 0 fully saturated rings. The molecule has 0 unspecified atom stereocenters. The lowest BCUT2D eigenvalue weighted by molar-refractivity contribution is 0.0991. The first kappa shape index (κ1) is 17.4. The molecule has 3 rings (SSSR count).